The van der Waals surface area contributed by atoms with E-state index in [9.17, 15) is 0 Å². The van der Waals surface area contributed by atoms with Crippen molar-refractivity contribution in [2.75, 3.05) is 32.1 Å². The molecule has 33 heavy (non-hydrogen) atoms. The van der Waals surface area contributed by atoms with Crippen molar-refractivity contribution >= 4 is 16.7 Å². The number of anilines is 1. The molecule has 1 N–H and O–H groups in total. The molecule has 2 aromatic carbocycles. The molecule has 1 aliphatic rings. The molecule has 0 saturated heterocycles. The molecule has 1 fully saturated rings. The highest BCUT2D eigenvalue weighted by Crippen LogP contribution is 2.28. The predicted octanol–water partition coefficient (Wildman–Crippen LogP) is 6.60. The van der Waals surface area contributed by atoms with Crippen molar-refractivity contribution in [3.05, 3.63) is 66.0 Å². The normalized spacial score (nSPS) is 18.9. The third-order valence-electron chi connectivity index (χ3n) is 6.84. The summed E-state index contributed by atoms with van der Waals surface area (Å²) in [5.41, 5.74) is 2.48. The van der Waals surface area contributed by atoms with Crippen LogP contribution >= 0.6 is 0 Å². The van der Waals surface area contributed by atoms with Crippen molar-refractivity contribution in [3.63, 3.8) is 0 Å². The monoisotopic (exact) mass is 446 g/mol. The summed E-state index contributed by atoms with van der Waals surface area (Å²) in [5, 5.41) is 4.82. The Morgan fingerprint density at radius 1 is 0.939 bits per heavy atom. The van der Waals surface area contributed by atoms with Crippen molar-refractivity contribution in [2.24, 2.45) is 11.8 Å². The number of para-hydroxylation sites is 1. The Kier molecular flexibility index (Phi) is 9.68. The fraction of sp³-hybridized carbons (Fsp3) is 0.517. The Balaban J connectivity index is 0.000000194. The molecular weight excluding hydrogens is 404 g/mol. The Morgan fingerprint density at radius 3 is 2.27 bits per heavy atom. The minimum atomic E-state index is 0.670. The van der Waals surface area contributed by atoms with E-state index in [1.54, 1.807) is 0 Å². The highest BCUT2D eigenvalue weighted by Gasteiger charge is 2.18. The smallest absolute Gasteiger partial charge is 0.139 e. The van der Waals surface area contributed by atoms with Crippen LogP contribution in [0.4, 0.5) is 5.82 Å². The van der Waals surface area contributed by atoms with Crippen molar-refractivity contribution in [2.45, 2.75) is 58.8 Å². The summed E-state index contributed by atoms with van der Waals surface area (Å²) in [7, 11) is 3.99. The molecule has 0 spiro atoms. The fourth-order valence-electron chi connectivity index (χ4n) is 4.73. The van der Waals surface area contributed by atoms with E-state index >= 15 is 0 Å². The molecule has 4 heteroatoms. The van der Waals surface area contributed by atoms with Crippen LogP contribution in [0.2, 0.25) is 0 Å². The number of nitrogens with zero attached hydrogens (tertiary/aromatic N) is 3. The topological polar surface area (TPSA) is 41.1 Å². The lowest BCUT2D eigenvalue weighted by molar-refractivity contribution is 0.280. The largest absolute Gasteiger partial charge is 0.362 e. The average Bonchev–Trinajstić information content (AvgIpc) is 2.83. The third kappa shape index (κ3) is 7.53. The van der Waals surface area contributed by atoms with Crippen LogP contribution in [0.15, 0.2) is 54.6 Å². The van der Waals surface area contributed by atoms with Crippen LogP contribution in [0.3, 0.4) is 0 Å². The second-order valence-electron chi connectivity index (χ2n) is 9.81. The lowest BCUT2D eigenvalue weighted by Crippen LogP contribution is -2.29. The van der Waals surface area contributed by atoms with E-state index in [1.807, 2.05) is 50.2 Å². The number of aromatic nitrogens is 2. The summed E-state index contributed by atoms with van der Waals surface area (Å²) in [5.74, 6) is 4.35. The molecule has 1 aliphatic carbocycles. The van der Waals surface area contributed by atoms with Crippen LogP contribution in [0.25, 0.3) is 10.9 Å². The number of benzene rings is 2. The summed E-state index contributed by atoms with van der Waals surface area (Å²) >= 11 is 0. The molecule has 4 rings (SSSR count). The molecule has 4 nitrogen and oxygen atoms in total. The Morgan fingerprint density at radius 2 is 1.61 bits per heavy atom. The van der Waals surface area contributed by atoms with Gasteiger partial charge in [-0.15, -0.1) is 0 Å². The Labute approximate surface area is 200 Å². The van der Waals surface area contributed by atoms with Gasteiger partial charge in [-0.1, -0.05) is 69.2 Å². The first-order valence-electron chi connectivity index (χ1n) is 12.6. The summed E-state index contributed by atoms with van der Waals surface area (Å²) in [4.78, 5) is 10.8. The second kappa shape index (κ2) is 12.7. The summed E-state index contributed by atoms with van der Waals surface area (Å²) < 4.78 is 0. The van der Waals surface area contributed by atoms with E-state index in [2.05, 4.69) is 59.5 Å². The number of hydrogen-bond acceptors (Lipinski definition) is 4. The summed E-state index contributed by atoms with van der Waals surface area (Å²) in [6, 6.07) is 19.0. The first-order valence-corrected chi connectivity index (χ1v) is 12.6. The molecule has 1 atom stereocenters. The second-order valence-corrected chi connectivity index (χ2v) is 9.81. The zero-order chi connectivity index (χ0) is 23.6. The Bertz CT molecular complexity index is 962. The van der Waals surface area contributed by atoms with Gasteiger partial charge < -0.3 is 10.2 Å². The molecule has 3 aromatic rings. The van der Waals surface area contributed by atoms with Gasteiger partial charge in [0.1, 0.15) is 11.6 Å². The van der Waals surface area contributed by atoms with Crippen LogP contribution in [0.5, 0.6) is 0 Å². The maximum atomic E-state index is 4.42. The van der Waals surface area contributed by atoms with Crippen LogP contribution in [0.1, 0.15) is 63.3 Å². The fourth-order valence-corrected chi connectivity index (χ4v) is 4.73. The molecule has 1 aromatic heterocycles. The van der Waals surface area contributed by atoms with Gasteiger partial charge in [0.25, 0.3) is 0 Å². The lowest BCUT2D eigenvalue weighted by Gasteiger charge is -2.27. The standard InChI is InChI=1S/C18H29N.C11H13N3/c1-3-17(18-7-5-4-6-8-18)14-19-13-16-11-9-15(2)10-12-16;1-8-12-10-7-5-4-6-9(10)11(13-8)14(2)3/h4-8,15-17,19H,3,9-14H2,1-2H3;4-7H,1-3H3. The molecule has 1 saturated carbocycles. The van der Waals surface area contributed by atoms with Gasteiger partial charge in [0.15, 0.2) is 0 Å². The van der Waals surface area contributed by atoms with E-state index in [-0.39, 0.29) is 0 Å². The van der Waals surface area contributed by atoms with Crippen molar-refractivity contribution in [3.8, 4) is 0 Å². The van der Waals surface area contributed by atoms with Gasteiger partial charge in [0.2, 0.25) is 0 Å². The van der Waals surface area contributed by atoms with Gasteiger partial charge in [-0.3, -0.25) is 0 Å². The molecule has 1 unspecified atom stereocenters. The van der Waals surface area contributed by atoms with Crippen LogP contribution < -0.4 is 10.2 Å². The van der Waals surface area contributed by atoms with Gasteiger partial charge in [-0.25, -0.2) is 9.97 Å². The summed E-state index contributed by atoms with van der Waals surface area (Å²) in [6.45, 7) is 8.95. The SMILES string of the molecule is CCC(CNCC1CCC(C)CC1)c1ccccc1.Cc1nc(N(C)C)c2ccccc2n1. The van der Waals surface area contributed by atoms with Gasteiger partial charge >= 0.3 is 0 Å². The van der Waals surface area contributed by atoms with Crippen LogP contribution in [0, 0.1) is 18.8 Å². The van der Waals surface area contributed by atoms with E-state index in [4.69, 9.17) is 0 Å². The zero-order valence-electron chi connectivity index (χ0n) is 21.2. The van der Waals surface area contributed by atoms with Gasteiger partial charge in [-0.2, -0.15) is 0 Å². The number of hydrogen-bond donors (Lipinski definition) is 1. The van der Waals surface area contributed by atoms with E-state index in [0.29, 0.717) is 5.92 Å². The first kappa shape index (κ1) is 25.2. The average molecular weight is 447 g/mol. The van der Waals surface area contributed by atoms with E-state index in [1.165, 1.54) is 44.2 Å². The first-order chi connectivity index (χ1) is 16.0. The van der Waals surface area contributed by atoms with Crippen molar-refractivity contribution in [1.29, 1.82) is 0 Å². The van der Waals surface area contributed by atoms with Crippen LogP contribution in [-0.2, 0) is 0 Å². The Hall–Kier alpha value is -2.46. The number of rotatable bonds is 7. The maximum absolute atomic E-state index is 4.42. The zero-order valence-corrected chi connectivity index (χ0v) is 21.2. The molecule has 1 heterocycles. The van der Waals surface area contributed by atoms with Crippen molar-refractivity contribution < 1.29 is 0 Å². The molecule has 0 amide bonds. The quantitative estimate of drug-likeness (QED) is 0.444. The van der Waals surface area contributed by atoms with Gasteiger partial charge in [-0.05, 0) is 68.2 Å². The minimum Gasteiger partial charge on any atom is -0.362 e. The van der Waals surface area contributed by atoms with E-state index in [0.717, 1.165) is 40.9 Å². The maximum Gasteiger partial charge on any atom is 0.139 e. The number of nitrogens with one attached hydrogen (secondary N) is 1. The number of fused-ring (bicyclic) bond motifs is 1. The van der Waals surface area contributed by atoms with E-state index < -0.39 is 0 Å². The predicted molar refractivity (Wildman–Crippen MR) is 142 cm³/mol. The van der Waals surface area contributed by atoms with Gasteiger partial charge in [0, 0.05) is 26.0 Å². The molecular formula is C29H42N4. The molecule has 0 radical (unpaired) electrons. The third-order valence-corrected chi connectivity index (χ3v) is 6.84. The summed E-state index contributed by atoms with van der Waals surface area (Å²) in [6.07, 6.45) is 6.94. The molecule has 178 valence electrons. The lowest BCUT2D eigenvalue weighted by atomic mass is 9.83. The van der Waals surface area contributed by atoms with Crippen molar-refractivity contribution in [1.82, 2.24) is 15.3 Å². The number of aryl methyl sites for hydroxylation is 1. The molecule has 0 aliphatic heterocycles. The van der Waals surface area contributed by atoms with Crippen LogP contribution in [-0.4, -0.2) is 37.2 Å². The van der Waals surface area contributed by atoms with Gasteiger partial charge in [0.05, 0.1) is 5.52 Å². The molecule has 0 bridgehead atoms. The highest BCUT2D eigenvalue weighted by molar-refractivity contribution is 5.89. The highest BCUT2D eigenvalue weighted by atomic mass is 15.1. The minimum absolute atomic E-state index is 0.670.